The minimum Gasteiger partial charge on any atom is -0.465 e. The first-order chi connectivity index (χ1) is 28.2. The molecule has 0 radical (unpaired) electrons. The van der Waals surface area contributed by atoms with Crippen LogP contribution < -0.4 is 0 Å². The molecule has 14 nitrogen and oxygen atoms in total. The van der Waals surface area contributed by atoms with Crippen molar-refractivity contribution < 1.29 is 68.0 Å². The molecule has 4 saturated heterocycles. The zero-order valence-electron chi connectivity index (χ0n) is 33.6. The summed E-state index contributed by atoms with van der Waals surface area (Å²) < 4.78 is 45.9. The van der Waals surface area contributed by atoms with Crippen LogP contribution in [0, 0.1) is 29.6 Å². The Morgan fingerprint density at radius 3 is 2.12 bits per heavy atom. The molecule has 0 amide bonds. The predicted molar refractivity (Wildman–Crippen MR) is 205 cm³/mol. The Balaban J connectivity index is 1.24. The first kappa shape index (κ1) is 40.7. The van der Waals surface area contributed by atoms with E-state index in [-0.39, 0.29) is 25.0 Å². The van der Waals surface area contributed by atoms with Crippen molar-refractivity contribution in [2.75, 3.05) is 13.2 Å². The number of hydrogen-bond donors (Lipinski definition) is 4. The maximum atomic E-state index is 14.0. The Kier molecular flexibility index (Phi) is 9.95. The number of fused-ring (bicyclic) bond motifs is 1. The number of aliphatic hydroxyl groups is 4. The molecule has 9 rings (SSSR count). The lowest BCUT2D eigenvalue weighted by Crippen LogP contribution is -2.75. The predicted octanol–water partition coefficient (Wildman–Crippen LogP) is 3.62. The quantitative estimate of drug-likeness (QED) is 0.130. The zero-order valence-corrected chi connectivity index (χ0v) is 33.6. The molecular formula is C45H54O14. The highest BCUT2D eigenvalue weighted by molar-refractivity contribution is 5.90. The summed E-state index contributed by atoms with van der Waals surface area (Å²) >= 11 is 0. The number of ether oxygens (including phenoxy) is 7. The first-order valence-electron chi connectivity index (χ1n) is 20.9. The van der Waals surface area contributed by atoms with Crippen LogP contribution in [-0.4, -0.2) is 117 Å². The fourth-order valence-electron chi connectivity index (χ4n) is 12.3. The zero-order chi connectivity index (χ0) is 41.7. The molecule has 7 fully saturated rings. The molecule has 3 unspecified atom stereocenters. The van der Waals surface area contributed by atoms with E-state index in [9.17, 15) is 34.8 Å². The highest BCUT2D eigenvalue weighted by Crippen LogP contribution is 2.75. The largest absolute Gasteiger partial charge is 0.465 e. The number of benzene rings is 2. The minimum atomic E-state index is -2.38. The summed E-state index contributed by atoms with van der Waals surface area (Å²) in [7, 11) is 0. The average Bonchev–Trinajstić information content (AvgIpc) is 3.87. The molecule has 3 aliphatic carbocycles. The normalized spacial score (nSPS) is 45.4. The van der Waals surface area contributed by atoms with E-state index < -0.39 is 119 Å². The van der Waals surface area contributed by atoms with Crippen LogP contribution in [0.15, 0.2) is 72.8 Å². The van der Waals surface area contributed by atoms with Crippen LogP contribution >= 0.6 is 0 Å². The topological polar surface area (TPSA) is 200 Å². The van der Waals surface area contributed by atoms with Crippen molar-refractivity contribution >= 4 is 17.9 Å². The van der Waals surface area contributed by atoms with Gasteiger partial charge in [0, 0.05) is 24.7 Å². The Labute approximate surface area is 342 Å². The van der Waals surface area contributed by atoms with Gasteiger partial charge in [-0.1, -0.05) is 56.3 Å². The summed E-state index contributed by atoms with van der Waals surface area (Å²) in [5.74, 6) is -8.04. The van der Waals surface area contributed by atoms with E-state index in [1.54, 1.807) is 61.5 Å². The van der Waals surface area contributed by atoms with Crippen LogP contribution in [0.3, 0.4) is 0 Å². The highest BCUT2D eigenvalue weighted by atomic mass is 16.9. The average molecular weight is 819 g/mol. The molecule has 4 N–H and O–H groups in total. The van der Waals surface area contributed by atoms with Gasteiger partial charge in [-0.3, -0.25) is 4.79 Å². The Morgan fingerprint density at radius 1 is 0.847 bits per heavy atom. The van der Waals surface area contributed by atoms with Crippen LogP contribution in [0.1, 0.15) is 86.4 Å². The number of rotatable bonds is 8. The van der Waals surface area contributed by atoms with Gasteiger partial charge in [0.15, 0.2) is 0 Å². The molecule has 2 aromatic carbocycles. The van der Waals surface area contributed by atoms with Gasteiger partial charge < -0.3 is 53.6 Å². The highest BCUT2D eigenvalue weighted by Gasteiger charge is 2.91. The van der Waals surface area contributed by atoms with E-state index in [0.717, 1.165) is 0 Å². The number of carbonyl (C=O) groups excluding carboxylic acids is 3. The van der Waals surface area contributed by atoms with E-state index >= 15 is 0 Å². The summed E-state index contributed by atoms with van der Waals surface area (Å²) in [6, 6.07) is 17.0. The molecule has 4 aliphatic heterocycles. The molecule has 59 heavy (non-hydrogen) atoms. The molecule has 3 bridgehead atoms. The lowest BCUT2D eigenvalue weighted by Gasteiger charge is -2.61. The maximum absolute atomic E-state index is 14.0. The molecular weight excluding hydrogens is 764 g/mol. The summed E-state index contributed by atoms with van der Waals surface area (Å²) in [5, 5.41) is 50.1. The number of carbonyl (C=O) groups is 3. The number of esters is 3. The van der Waals surface area contributed by atoms with Gasteiger partial charge in [0.05, 0.1) is 29.9 Å². The molecule has 2 aromatic rings. The van der Waals surface area contributed by atoms with Crippen LogP contribution in [0.5, 0.6) is 0 Å². The fraction of sp³-hybridized carbons (Fsp3) is 0.622. The van der Waals surface area contributed by atoms with Crippen molar-refractivity contribution in [3.8, 4) is 0 Å². The standard InChI is InChI=1S/C45H54O14/c1-24(2)41-21-29(22-53-26(4)47)44-33-36(41)57-45(58-41,59-44)32(48)18-12-11-17-30(54-38(49)27-13-7-5-8-14-27)19-20-31-25(3)35(55-39(50)28-15-9-6-10-16-28)43(52,34(31)44)40(51)42(23-46)37(33)56-42/h5-10,13-16,25,29-37,40,46,48,51-52H,1,11-12,17-23H2,2-4H3/t25-,29-,30-,31-,32+,33-,34-,35-,36+,37-,40?,41-,42?,43+,44-,45?/m0/s1. The lowest BCUT2D eigenvalue weighted by molar-refractivity contribution is -0.459. The third kappa shape index (κ3) is 5.85. The van der Waals surface area contributed by atoms with Gasteiger partial charge in [0.2, 0.25) is 0 Å². The van der Waals surface area contributed by atoms with Crippen LogP contribution in [-0.2, 0) is 38.0 Å². The summed E-state index contributed by atoms with van der Waals surface area (Å²) in [4.78, 5) is 40.2. The van der Waals surface area contributed by atoms with Gasteiger partial charge in [0.1, 0.15) is 53.4 Å². The van der Waals surface area contributed by atoms with Gasteiger partial charge in [-0.05, 0) is 87.1 Å². The van der Waals surface area contributed by atoms with E-state index in [0.29, 0.717) is 43.2 Å². The lowest BCUT2D eigenvalue weighted by atomic mass is 9.52. The molecule has 2 spiro atoms. The summed E-state index contributed by atoms with van der Waals surface area (Å²) in [6.07, 6.45) is -4.69. The van der Waals surface area contributed by atoms with Gasteiger partial charge in [-0.2, -0.15) is 0 Å². The van der Waals surface area contributed by atoms with E-state index in [4.69, 9.17) is 33.2 Å². The second kappa shape index (κ2) is 14.4. The van der Waals surface area contributed by atoms with Crippen LogP contribution in [0.2, 0.25) is 0 Å². The number of hydrogen-bond acceptors (Lipinski definition) is 14. The Morgan fingerprint density at radius 2 is 1.49 bits per heavy atom. The van der Waals surface area contributed by atoms with Gasteiger partial charge in [-0.25, -0.2) is 9.59 Å². The van der Waals surface area contributed by atoms with Gasteiger partial charge in [0.25, 0.3) is 0 Å². The van der Waals surface area contributed by atoms with Crippen molar-refractivity contribution in [3.63, 3.8) is 0 Å². The Hall–Kier alpha value is -3.73. The smallest absolute Gasteiger partial charge is 0.338 e. The van der Waals surface area contributed by atoms with Crippen LogP contribution in [0.25, 0.3) is 0 Å². The second-order valence-corrected chi connectivity index (χ2v) is 18.0. The monoisotopic (exact) mass is 818 g/mol. The molecule has 4 heterocycles. The van der Waals surface area contributed by atoms with E-state index in [1.807, 2.05) is 13.0 Å². The molecule has 318 valence electrons. The molecule has 3 saturated carbocycles. The summed E-state index contributed by atoms with van der Waals surface area (Å²) in [5.41, 5.74) is -5.92. The summed E-state index contributed by atoms with van der Waals surface area (Å²) in [6.45, 7) is 8.34. The fourth-order valence-corrected chi connectivity index (χ4v) is 12.3. The third-order valence-corrected chi connectivity index (χ3v) is 14.9. The second-order valence-electron chi connectivity index (χ2n) is 18.0. The molecule has 14 heteroatoms. The van der Waals surface area contributed by atoms with Gasteiger partial charge >= 0.3 is 23.9 Å². The third-order valence-electron chi connectivity index (χ3n) is 14.9. The van der Waals surface area contributed by atoms with E-state index in [2.05, 4.69) is 6.58 Å². The molecule has 7 aliphatic rings. The van der Waals surface area contributed by atoms with Crippen molar-refractivity contribution in [1.29, 1.82) is 0 Å². The van der Waals surface area contributed by atoms with Crippen molar-refractivity contribution in [3.05, 3.63) is 83.9 Å². The Bertz CT molecular complexity index is 1980. The molecule has 16 atom stereocenters. The minimum absolute atomic E-state index is 0.125. The number of aliphatic hydroxyl groups excluding tert-OH is 3. The van der Waals surface area contributed by atoms with Crippen molar-refractivity contribution in [2.45, 2.75) is 131 Å². The first-order valence-corrected chi connectivity index (χ1v) is 20.9. The SMILES string of the molecule is C=C(C)[C@@]12C[C@@H](COC(C)=O)[C@]34OC5(O[C@@H]1[C@H]3[C@@H]1OC1(CO)C(O)[C@]1(O)[C@@H](OC(=O)c3ccccc3)[C@@H](C)[C@H](CC[C@@H](OC(=O)c3ccccc3)CCCC[C@H]5O)[C@@H]14)O2. The van der Waals surface area contributed by atoms with Crippen molar-refractivity contribution in [1.82, 2.24) is 0 Å². The van der Waals surface area contributed by atoms with Crippen molar-refractivity contribution in [2.24, 2.45) is 29.6 Å². The van der Waals surface area contributed by atoms with Gasteiger partial charge in [-0.15, -0.1) is 0 Å². The maximum Gasteiger partial charge on any atom is 0.338 e. The number of epoxide rings is 1. The molecule has 0 aromatic heterocycles. The van der Waals surface area contributed by atoms with E-state index in [1.165, 1.54) is 6.92 Å². The van der Waals surface area contributed by atoms with Crippen LogP contribution in [0.4, 0.5) is 0 Å².